The summed E-state index contributed by atoms with van der Waals surface area (Å²) in [6.07, 6.45) is 0. The molecule has 4 rings (SSSR count). The topological polar surface area (TPSA) is 36.1 Å². The minimum Gasteiger partial charge on any atom is -0.356 e. The van der Waals surface area contributed by atoms with Crippen LogP contribution in [0.15, 0.2) is 103 Å². The summed E-state index contributed by atoms with van der Waals surface area (Å²) in [5, 5.41) is 13.7. The quantitative estimate of drug-likeness (QED) is 0.306. The predicted octanol–water partition coefficient (Wildman–Crippen LogP) is 6.07. The summed E-state index contributed by atoms with van der Waals surface area (Å²) in [5.41, 5.74) is 3.62. The van der Waals surface area contributed by atoms with Gasteiger partial charge < -0.3 is 16.0 Å². The fraction of sp³-hybridized carbons (Fsp3) is 0.179. The van der Waals surface area contributed by atoms with E-state index in [9.17, 15) is 0 Å². The van der Waals surface area contributed by atoms with Gasteiger partial charge in [-0.1, -0.05) is 103 Å². The van der Waals surface area contributed by atoms with Crippen LogP contribution in [0.1, 0.15) is 41.7 Å². The summed E-state index contributed by atoms with van der Waals surface area (Å²) in [6.45, 7) is 2.15. The van der Waals surface area contributed by atoms with Gasteiger partial charge in [0.15, 0.2) is 5.11 Å². The van der Waals surface area contributed by atoms with E-state index in [0.717, 1.165) is 0 Å². The fourth-order valence-corrected chi connectivity index (χ4v) is 4.59. The highest BCUT2D eigenvalue weighted by Gasteiger charge is 2.24. The lowest BCUT2D eigenvalue weighted by atomic mass is 9.93. The maximum atomic E-state index is 5.80. The van der Waals surface area contributed by atoms with E-state index in [2.05, 4.69) is 114 Å². The highest BCUT2D eigenvalue weighted by Crippen LogP contribution is 2.29. The standard InChI is InChI=1S/C28H29N3S/c1-20(24-19-11-17-21-12-9-10-18-25(21)24)30-28(32)31-27(23-15-7-4-8-16-23)26(29-2)22-13-5-3-6-14-22/h3-20,26-27,29H,1-2H3,(H2,30,31,32)/t20-,26-,27?/m0/s1. The van der Waals surface area contributed by atoms with Crippen LogP contribution in [0.2, 0.25) is 0 Å². The Balaban J connectivity index is 1.57. The Labute approximate surface area is 195 Å². The smallest absolute Gasteiger partial charge is 0.167 e. The predicted molar refractivity (Wildman–Crippen MR) is 139 cm³/mol. The molecule has 0 spiro atoms. The first-order chi connectivity index (χ1) is 15.7. The summed E-state index contributed by atoms with van der Waals surface area (Å²) in [6, 6.07) is 35.9. The lowest BCUT2D eigenvalue weighted by molar-refractivity contribution is 0.452. The lowest BCUT2D eigenvalue weighted by Crippen LogP contribution is -2.43. The molecule has 0 saturated heterocycles. The minimum atomic E-state index is -0.0247. The van der Waals surface area contributed by atoms with Crippen LogP contribution in [-0.4, -0.2) is 12.2 Å². The summed E-state index contributed by atoms with van der Waals surface area (Å²) in [5.74, 6) is 0. The average molecular weight is 440 g/mol. The van der Waals surface area contributed by atoms with Gasteiger partial charge in [-0.3, -0.25) is 0 Å². The number of hydrogen-bond donors (Lipinski definition) is 3. The van der Waals surface area contributed by atoms with E-state index in [-0.39, 0.29) is 18.1 Å². The van der Waals surface area contributed by atoms with Crippen molar-refractivity contribution in [2.45, 2.75) is 25.0 Å². The summed E-state index contributed by atoms with van der Waals surface area (Å²) in [7, 11) is 1.99. The van der Waals surface area contributed by atoms with Gasteiger partial charge in [0, 0.05) is 0 Å². The maximum absolute atomic E-state index is 5.80. The first-order valence-corrected chi connectivity index (χ1v) is 11.4. The zero-order chi connectivity index (χ0) is 22.3. The highest BCUT2D eigenvalue weighted by atomic mass is 32.1. The van der Waals surface area contributed by atoms with Crippen LogP contribution in [0.4, 0.5) is 0 Å². The van der Waals surface area contributed by atoms with Gasteiger partial charge in [0.25, 0.3) is 0 Å². The number of rotatable bonds is 7. The molecular formula is C28H29N3S. The minimum absolute atomic E-state index is 0.0247. The molecule has 0 saturated carbocycles. The van der Waals surface area contributed by atoms with Crippen LogP contribution in [0.25, 0.3) is 10.8 Å². The molecule has 1 unspecified atom stereocenters. The zero-order valence-electron chi connectivity index (χ0n) is 18.5. The van der Waals surface area contributed by atoms with E-state index in [4.69, 9.17) is 12.2 Å². The van der Waals surface area contributed by atoms with Crippen LogP contribution in [0, 0.1) is 0 Å². The number of fused-ring (bicyclic) bond motifs is 1. The number of thiocarbonyl (C=S) groups is 1. The van der Waals surface area contributed by atoms with E-state index >= 15 is 0 Å². The number of likely N-dealkylation sites (N-methyl/N-ethyl adjacent to an activating group) is 1. The molecule has 0 aliphatic carbocycles. The van der Waals surface area contributed by atoms with Gasteiger partial charge in [-0.25, -0.2) is 0 Å². The second-order valence-corrected chi connectivity index (χ2v) is 8.38. The molecule has 0 aromatic heterocycles. The molecule has 0 aliphatic heterocycles. The average Bonchev–Trinajstić information content (AvgIpc) is 2.84. The molecule has 4 aromatic carbocycles. The Morgan fingerprint density at radius 2 is 1.22 bits per heavy atom. The van der Waals surface area contributed by atoms with Gasteiger partial charge in [-0.2, -0.15) is 0 Å². The Morgan fingerprint density at radius 3 is 1.88 bits per heavy atom. The Bertz CT molecular complexity index is 1160. The maximum Gasteiger partial charge on any atom is 0.167 e. The Hall–Kier alpha value is -3.21. The number of benzene rings is 4. The molecule has 3 nitrogen and oxygen atoms in total. The fourth-order valence-electron chi connectivity index (χ4n) is 4.29. The zero-order valence-corrected chi connectivity index (χ0v) is 19.3. The molecule has 0 aliphatic rings. The molecule has 4 aromatic rings. The van der Waals surface area contributed by atoms with Crippen LogP contribution >= 0.6 is 12.2 Å². The van der Waals surface area contributed by atoms with Crippen LogP contribution in [0.3, 0.4) is 0 Å². The van der Waals surface area contributed by atoms with Crippen LogP contribution < -0.4 is 16.0 Å². The van der Waals surface area contributed by atoms with Crippen molar-refractivity contribution in [1.82, 2.24) is 16.0 Å². The number of nitrogens with one attached hydrogen (secondary N) is 3. The van der Waals surface area contributed by atoms with Crippen molar-refractivity contribution < 1.29 is 0 Å². The molecule has 0 heterocycles. The second-order valence-electron chi connectivity index (χ2n) is 7.97. The van der Waals surface area contributed by atoms with Gasteiger partial charge in [-0.15, -0.1) is 0 Å². The van der Waals surface area contributed by atoms with E-state index in [0.29, 0.717) is 5.11 Å². The molecule has 32 heavy (non-hydrogen) atoms. The monoisotopic (exact) mass is 439 g/mol. The lowest BCUT2D eigenvalue weighted by Gasteiger charge is -2.31. The second kappa shape index (κ2) is 10.4. The van der Waals surface area contributed by atoms with Gasteiger partial charge in [0.1, 0.15) is 0 Å². The van der Waals surface area contributed by atoms with E-state index < -0.39 is 0 Å². The number of hydrogen-bond acceptors (Lipinski definition) is 2. The molecule has 162 valence electrons. The third-order valence-corrected chi connectivity index (χ3v) is 6.12. The largest absolute Gasteiger partial charge is 0.356 e. The molecule has 0 fully saturated rings. The molecule has 4 heteroatoms. The van der Waals surface area contributed by atoms with Gasteiger partial charge in [0.2, 0.25) is 0 Å². The van der Waals surface area contributed by atoms with Crippen molar-refractivity contribution in [2.75, 3.05) is 7.05 Å². The summed E-state index contributed by atoms with van der Waals surface area (Å²) >= 11 is 5.80. The normalized spacial score (nSPS) is 13.8. The first kappa shape index (κ1) is 22.0. The SMILES string of the molecule is CN[C@@H](c1ccccc1)C(NC(=S)N[C@@H](C)c1cccc2ccccc12)c1ccccc1. The van der Waals surface area contributed by atoms with E-state index in [1.807, 2.05) is 19.2 Å². The highest BCUT2D eigenvalue weighted by molar-refractivity contribution is 7.80. The van der Waals surface area contributed by atoms with Crippen LogP contribution in [0.5, 0.6) is 0 Å². The molecule has 3 atom stereocenters. The van der Waals surface area contributed by atoms with Gasteiger partial charge in [-0.05, 0) is 53.7 Å². The van der Waals surface area contributed by atoms with E-state index in [1.165, 1.54) is 27.5 Å². The summed E-state index contributed by atoms with van der Waals surface area (Å²) < 4.78 is 0. The molecule has 0 radical (unpaired) electrons. The molecule has 3 N–H and O–H groups in total. The Kier molecular flexibility index (Phi) is 7.15. The van der Waals surface area contributed by atoms with E-state index in [1.54, 1.807) is 0 Å². The molecular weight excluding hydrogens is 410 g/mol. The van der Waals surface area contributed by atoms with Gasteiger partial charge in [0.05, 0.1) is 18.1 Å². The van der Waals surface area contributed by atoms with Crippen molar-refractivity contribution in [3.05, 3.63) is 120 Å². The van der Waals surface area contributed by atoms with Crippen molar-refractivity contribution in [3.63, 3.8) is 0 Å². The van der Waals surface area contributed by atoms with Crippen molar-refractivity contribution in [2.24, 2.45) is 0 Å². The van der Waals surface area contributed by atoms with Crippen LogP contribution in [-0.2, 0) is 0 Å². The third-order valence-electron chi connectivity index (χ3n) is 5.89. The molecule has 0 bridgehead atoms. The first-order valence-electron chi connectivity index (χ1n) is 11.0. The summed E-state index contributed by atoms with van der Waals surface area (Å²) in [4.78, 5) is 0. The Morgan fingerprint density at radius 1 is 0.656 bits per heavy atom. The van der Waals surface area contributed by atoms with Crippen molar-refractivity contribution in [1.29, 1.82) is 0 Å². The van der Waals surface area contributed by atoms with Crippen molar-refractivity contribution >= 4 is 28.1 Å². The molecule has 0 amide bonds. The van der Waals surface area contributed by atoms with Gasteiger partial charge >= 0.3 is 0 Å². The van der Waals surface area contributed by atoms with Crippen molar-refractivity contribution in [3.8, 4) is 0 Å². The third kappa shape index (κ3) is 4.98.